The summed E-state index contributed by atoms with van der Waals surface area (Å²) >= 11 is 0. The molecule has 1 saturated carbocycles. The van der Waals surface area contributed by atoms with Gasteiger partial charge in [-0.15, -0.1) is 0 Å². The van der Waals surface area contributed by atoms with Gasteiger partial charge < -0.3 is 5.32 Å². The lowest BCUT2D eigenvalue weighted by molar-refractivity contribution is 0.215. The van der Waals surface area contributed by atoms with Crippen molar-refractivity contribution in [3.8, 4) is 6.07 Å². The molecule has 0 radical (unpaired) electrons. The van der Waals surface area contributed by atoms with E-state index in [1.54, 1.807) is 0 Å². The van der Waals surface area contributed by atoms with E-state index in [1.165, 1.54) is 48.8 Å². The molecule has 38 heavy (non-hydrogen) atoms. The average molecular weight is 501 g/mol. The van der Waals surface area contributed by atoms with Crippen molar-refractivity contribution >= 4 is 11.7 Å². The predicted molar refractivity (Wildman–Crippen MR) is 155 cm³/mol. The average Bonchev–Trinajstić information content (AvgIpc) is 3.24. The maximum absolute atomic E-state index is 9.79. The molecule has 1 spiro atoms. The number of amidine groups is 2. The number of rotatable bonds is 4. The fourth-order valence-electron chi connectivity index (χ4n) is 7.44. The SMILES string of the molecule is C/C=C\C(=C/C)C1N=C(c2ccccc2)NC(c2cccc3c2C2CCC(C#N)=CC2C32CCCCC2)=N1. The van der Waals surface area contributed by atoms with Gasteiger partial charge in [-0.1, -0.05) is 92.1 Å². The Hall–Kier alpha value is -3.71. The Kier molecular flexibility index (Phi) is 6.62. The number of benzene rings is 2. The normalized spacial score (nSPS) is 26.1. The Labute approximate surface area is 226 Å². The van der Waals surface area contributed by atoms with Crippen LogP contribution in [0.5, 0.6) is 0 Å². The van der Waals surface area contributed by atoms with E-state index in [-0.39, 0.29) is 11.6 Å². The zero-order valence-electron chi connectivity index (χ0n) is 22.5. The molecule has 3 unspecified atom stereocenters. The van der Waals surface area contributed by atoms with Gasteiger partial charge in [0.25, 0.3) is 0 Å². The maximum Gasteiger partial charge on any atom is 0.169 e. The summed E-state index contributed by atoms with van der Waals surface area (Å²) in [6, 6.07) is 19.7. The molecule has 4 nitrogen and oxygen atoms in total. The van der Waals surface area contributed by atoms with Crippen molar-refractivity contribution in [1.82, 2.24) is 5.32 Å². The lowest BCUT2D eigenvalue weighted by atomic mass is 9.62. The predicted octanol–water partition coefficient (Wildman–Crippen LogP) is 7.49. The summed E-state index contributed by atoms with van der Waals surface area (Å²) in [6.07, 6.45) is 16.5. The van der Waals surface area contributed by atoms with Crippen LogP contribution in [-0.4, -0.2) is 17.8 Å². The van der Waals surface area contributed by atoms with Crippen LogP contribution in [0.1, 0.15) is 87.0 Å². The van der Waals surface area contributed by atoms with Crippen LogP contribution in [0.4, 0.5) is 0 Å². The number of aliphatic imine (C=N–C) groups is 2. The van der Waals surface area contributed by atoms with Crippen LogP contribution in [0.3, 0.4) is 0 Å². The van der Waals surface area contributed by atoms with E-state index >= 15 is 0 Å². The molecule has 3 atom stereocenters. The second kappa shape index (κ2) is 10.2. The van der Waals surface area contributed by atoms with Crippen molar-refractivity contribution < 1.29 is 0 Å². The standard InChI is InChI=1S/C34H36N4/c1-3-12-24(4-2)31-36-32(25-13-7-5-8-14-25)38-33(37-31)27-15-11-16-28-30(27)26-18-17-23(22-35)21-29(26)34(28)19-9-6-10-20-34/h3-5,7-8,11-16,21,26,29,31H,6,9-10,17-20H2,1-2H3,(H,36,37,38)/b12-3-,24-4+. The van der Waals surface area contributed by atoms with E-state index in [4.69, 9.17) is 9.98 Å². The molecule has 0 amide bonds. The fraction of sp³-hybridized carbons (Fsp3) is 0.382. The number of hydrogen-bond acceptors (Lipinski definition) is 4. The molecule has 0 saturated heterocycles. The summed E-state index contributed by atoms with van der Waals surface area (Å²) in [4.78, 5) is 10.3. The molecule has 4 heteroatoms. The third-order valence-corrected chi connectivity index (χ3v) is 9.11. The van der Waals surface area contributed by atoms with Crippen LogP contribution in [0.15, 0.2) is 94.0 Å². The summed E-state index contributed by atoms with van der Waals surface area (Å²) in [5.41, 5.74) is 7.44. The highest BCUT2D eigenvalue weighted by molar-refractivity contribution is 6.16. The number of hydrogen-bond donors (Lipinski definition) is 1. The molecule has 3 aliphatic carbocycles. The molecular weight excluding hydrogens is 464 g/mol. The Balaban J connectivity index is 1.50. The second-order valence-electron chi connectivity index (χ2n) is 11.1. The Morgan fingerprint density at radius 1 is 1.00 bits per heavy atom. The summed E-state index contributed by atoms with van der Waals surface area (Å²) < 4.78 is 0. The van der Waals surface area contributed by atoms with Gasteiger partial charge >= 0.3 is 0 Å². The molecule has 6 rings (SSSR count). The minimum atomic E-state index is -0.296. The highest BCUT2D eigenvalue weighted by Crippen LogP contribution is 2.61. The number of fused-ring (bicyclic) bond motifs is 5. The van der Waals surface area contributed by atoms with Crippen molar-refractivity contribution in [2.75, 3.05) is 0 Å². The molecular formula is C34H36N4. The molecule has 2 aromatic carbocycles. The van der Waals surface area contributed by atoms with Crippen LogP contribution < -0.4 is 5.32 Å². The van der Waals surface area contributed by atoms with Crippen molar-refractivity contribution in [1.29, 1.82) is 5.26 Å². The van der Waals surface area contributed by atoms with Gasteiger partial charge in [0.2, 0.25) is 0 Å². The summed E-state index contributed by atoms with van der Waals surface area (Å²) in [5, 5.41) is 13.4. The molecule has 0 aromatic heterocycles. The van der Waals surface area contributed by atoms with Gasteiger partial charge in [0.15, 0.2) is 6.17 Å². The van der Waals surface area contributed by atoms with E-state index in [0.717, 1.165) is 41.2 Å². The number of allylic oxidation sites excluding steroid dienone is 4. The van der Waals surface area contributed by atoms with Gasteiger partial charge in [-0.3, -0.25) is 0 Å². The van der Waals surface area contributed by atoms with Gasteiger partial charge in [-0.25, -0.2) is 9.98 Å². The van der Waals surface area contributed by atoms with Crippen molar-refractivity contribution in [2.45, 2.75) is 76.3 Å². The minimum absolute atomic E-state index is 0.140. The summed E-state index contributed by atoms with van der Waals surface area (Å²) in [5.74, 6) is 2.60. The first-order chi connectivity index (χ1) is 18.7. The number of nitrogens with zero attached hydrogens (tertiary/aromatic N) is 3. The van der Waals surface area contributed by atoms with Crippen LogP contribution in [0, 0.1) is 17.2 Å². The van der Waals surface area contributed by atoms with Crippen LogP contribution in [0.25, 0.3) is 0 Å². The van der Waals surface area contributed by atoms with Gasteiger partial charge in [-0.2, -0.15) is 5.26 Å². The first kappa shape index (κ1) is 24.6. The molecule has 1 fully saturated rings. The Morgan fingerprint density at radius 2 is 1.79 bits per heavy atom. The Bertz CT molecular complexity index is 1410. The molecule has 1 heterocycles. The van der Waals surface area contributed by atoms with E-state index in [1.807, 2.05) is 13.0 Å². The molecule has 0 bridgehead atoms. The first-order valence-corrected chi connectivity index (χ1v) is 14.2. The first-order valence-electron chi connectivity index (χ1n) is 14.2. The van der Waals surface area contributed by atoms with E-state index in [2.05, 4.69) is 85.1 Å². The lowest BCUT2D eigenvalue weighted by Gasteiger charge is -2.41. The smallest absolute Gasteiger partial charge is 0.169 e. The summed E-state index contributed by atoms with van der Waals surface area (Å²) in [6.45, 7) is 4.10. The number of nitriles is 1. The Morgan fingerprint density at radius 3 is 2.53 bits per heavy atom. The van der Waals surface area contributed by atoms with E-state index < -0.39 is 0 Å². The van der Waals surface area contributed by atoms with Gasteiger partial charge in [0, 0.05) is 22.1 Å². The molecule has 4 aliphatic rings. The van der Waals surface area contributed by atoms with Gasteiger partial charge in [0.1, 0.15) is 11.7 Å². The van der Waals surface area contributed by atoms with E-state index in [9.17, 15) is 5.26 Å². The van der Waals surface area contributed by atoms with Gasteiger partial charge in [-0.05, 0) is 68.1 Å². The molecule has 1 aliphatic heterocycles. The minimum Gasteiger partial charge on any atom is -0.324 e. The monoisotopic (exact) mass is 500 g/mol. The summed E-state index contributed by atoms with van der Waals surface area (Å²) in [7, 11) is 0. The third kappa shape index (κ3) is 4.06. The zero-order chi connectivity index (χ0) is 26.1. The fourth-order valence-corrected chi connectivity index (χ4v) is 7.44. The molecule has 1 N–H and O–H groups in total. The van der Waals surface area contributed by atoms with Crippen LogP contribution in [-0.2, 0) is 5.41 Å². The molecule has 2 aromatic rings. The maximum atomic E-state index is 9.79. The zero-order valence-corrected chi connectivity index (χ0v) is 22.5. The molecule has 192 valence electrons. The largest absolute Gasteiger partial charge is 0.324 e. The third-order valence-electron chi connectivity index (χ3n) is 9.11. The van der Waals surface area contributed by atoms with Crippen molar-refractivity contribution in [3.63, 3.8) is 0 Å². The van der Waals surface area contributed by atoms with Crippen molar-refractivity contribution in [3.05, 3.63) is 106 Å². The van der Waals surface area contributed by atoms with Crippen LogP contribution >= 0.6 is 0 Å². The quantitative estimate of drug-likeness (QED) is 0.442. The second-order valence-corrected chi connectivity index (χ2v) is 11.1. The van der Waals surface area contributed by atoms with Crippen molar-refractivity contribution in [2.24, 2.45) is 15.9 Å². The highest BCUT2D eigenvalue weighted by atomic mass is 15.2. The van der Waals surface area contributed by atoms with Gasteiger partial charge in [0.05, 0.1) is 6.07 Å². The number of nitrogens with one attached hydrogen (secondary N) is 1. The lowest BCUT2D eigenvalue weighted by Crippen LogP contribution is -2.38. The van der Waals surface area contributed by atoms with E-state index in [0.29, 0.717) is 11.8 Å². The highest BCUT2D eigenvalue weighted by Gasteiger charge is 2.53. The topological polar surface area (TPSA) is 60.5 Å². The van der Waals surface area contributed by atoms with Crippen LogP contribution in [0.2, 0.25) is 0 Å².